The first-order valence-electron chi connectivity index (χ1n) is 5.88. The fourth-order valence-electron chi connectivity index (χ4n) is 2.38. The summed E-state index contributed by atoms with van der Waals surface area (Å²) >= 11 is 0. The highest BCUT2D eigenvalue weighted by Crippen LogP contribution is 2.30. The second-order valence-corrected chi connectivity index (χ2v) is 4.69. The van der Waals surface area contributed by atoms with E-state index < -0.39 is 4.92 Å². The van der Waals surface area contributed by atoms with Crippen molar-refractivity contribution in [1.29, 1.82) is 0 Å². The Morgan fingerprint density at radius 2 is 2.24 bits per heavy atom. The molecule has 0 aliphatic heterocycles. The average molecular weight is 235 g/mol. The van der Waals surface area contributed by atoms with Gasteiger partial charge < -0.3 is 11.1 Å². The van der Waals surface area contributed by atoms with Crippen LogP contribution in [0.25, 0.3) is 0 Å². The number of hydrogen-bond donors (Lipinski definition) is 2. The Balaban J connectivity index is 2.12. The summed E-state index contributed by atoms with van der Waals surface area (Å²) < 4.78 is 0. The first-order chi connectivity index (χ1) is 8.08. The Kier molecular flexibility index (Phi) is 3.17. The molecule has 1 saturated carbocycles. The predicted molar refractivity (Wildman–Crippen MR) is 67.9 cm³/mol. The van der Waals surface area contributed by atoms with Crippen molar-refractivity contribution >= 4 is 17.1 Å². The molecule has 5 nitrogen and oxygen atoms in total. The van der Waals surface area contributed by atoms with Crippen LogP contribution in [0, 0.1) is 16.0 Å². The molecule has 2 rings (SSSR count). The number of nitrogen functional groups attached to an aromatic ring is 1. The van der Waals surface area contributed by atoms with Crippen molar-refractivity contribution in [3.05, 3.63) is 28.3 Å². The van der Waals surface area contributed by atoms with Gasteiger partial charge in [-0.3, -0.25) is 10.1 Å². The first-order valence-corrected chi connectivity index (χ1v) is 5.88. The molecule has 92 valence electrons. The topological polar surface area (TPSA) is 81.2 Å². The van der Waals surface area contributed by atoms with Crippen LogP contribution < -0.4 is 11.1 Å². The monoisotopic (exact) mass is 235 g/mol. The SMILES string of the molecule is CC1CCCC1Nc1ccc([N+](=O)[O-])c(N)c1. The lowest BCUT2D eigenvalue weighted by atomic mass is 10.1. The molecule has 2 unspecified atom stereocenters. The largest absolute Gasteiger partial charge is 0.393 e. The summed E-state index contributed by atoms with van der Waals surface area (Å²) in [5.74, 6) is 0.645. The van der Waals surface area contributed by atoms with Crippen molar-refractivity contribution in [2.45, 2.75) is 32.2 Å². The standard InChI is InChI=1S/C12H17N3O2/c1-8-3-2-4-11(8)14-9-5-6-12(15(16)17)10(13)7-9/h5-8,11,14H,2-4,13H2,1H3. The molecular formula is C12H17N3O2. The molecule has 3 N–H and O–H groups in total. The number of benzene rings is 1. The fraction of sp³-hybridized carbons (Fsp3) is 0.500. The van der Waals surface area contributed by atoms with Crippen LogP contribution in [0.2, 0.25) is 0 Å². The maximum atomic E-state index is 10.6. The Morgan fingerprint density at radius 3 is 2.76 bits per heavy atom. The van der Waals surface area contributed by atoms with Crippen molar-refractivity contribution in [3.8, 4) is 0 Å². The lowest BCUT2D eigenvalue weighted by Crippen LogP contribution is -2.21. The molecule has 1 fully saturated rings. The number of anilines is 2. The van der Waals surface area contributed by atoms with E-state index in [0.717, 1.165) is 12.1 Å². The summed E-state index contributed by atoms with van der Waals surface area (Å²) in [6.07, 6.45) is 3.62. The van der Waals surface area contributed by atoms with Crippen LogP contribution in [0.1, 0.15) is 26.2 Å². The van der Waals surface area contributed by atoms with E-state index >= 15 is 0 Å². The van der Waals surface area contributed by atoms with E-state index in [2.05, 4.69) is 12.2 Å². The number of hydrogen-bond acceptors (Lipinski definition) is 4. The summed E-state index contributed by atoms with van der Waals surface area (Å²) in [5.41, 5.74) is 6.70. The summed E-state index contributed by atoms with van der Waals surface area (Å²) in [4.78, 5) is 10.2. The van der Waals surface area contributed by atoms with E-state index in [-0.39, 0.29) is 11.4 Å². The van der Waals surface area contributed by atoms with Crippen molar-refractivity contribution in [2.75, 3.05) is 11.1 Å². The van der Waals surface area contributed by atoms with E-state index in [1.54, 1.807) is 12.1 Å². The lowest BCUT2D eigenvalue weighted by Gasteiger charge is -2.18. The number of nitrogens with one attached hydrogen (secondary N) is 1. The highest BCUT2D eigenvalue weighted by molar-refractivity contribution is 5.66. The third-order valence-electron chi connectivity index (χ3n) is 3.44. The summed E-state index contributed by atoms with van der Waals surface area (Å²) in [6.45, 7) is 2.22. The second-order valence-electron chi connectivity index (χ2n) is 4.69. The van der Waals surface area contributed by atoms with E-state index in [4.69, 9.17) is 5.73 Å². The molecule has 1 aliphatic carbocycles. The smallest absolute Gasteiger partial charge is 0.292 e. The molecule has 0 heterocycles. The van der Waals surface area contributed by atoms with Gasteiger partial charge in [0.05, 0.1) is 4.92 Å². The molecule has 0 amide bonds. The van der Waals surface area contributed by atoms with Gasteiger partial charge in [-0.2, -0.15) is 0 Å². The molecule has 17 heavy (non-hydrogen) atoms. The van der Waals surface area contributed by atoms with Gasteiger partial charge in [-0.25, -0.2) is 0 Å². The van der Waals surface area contributed by atoms with Gasteiger partial charge in [-0.15, -0.1) is 0 Å². The number of nitrogens with two attached hydrogens (primary N) is 1. The molecule has 5 heteroatoms. The van der Waals surface area contributed by atoms with Crippen LogP contribution >= 0.6 is 0 Å². The Hall–Kier alpha value is -1.78. The average Bonchev–Trinajstić information content (AvgIpc) is 2.64. The number of rotatable bonds is 3. The fourth-order valence-corrected chi connectivity index (χ4v) is 2.38. The third-order valence-corrected chi connectivity index (χ3v) is 3.44. The normalized spacial score (nSPS) is 23.6. The van der Waals surface area contributed by atoms with Gasteiger partial charge in [0.15, 0.2) is 0 Å². The minimum atomic E-state index is -0.461. The molecule has 0 radical (unpaired) electrons. The van der Waals surface area contributed by atoms with Crippen LogP contribution in [0.15, 0.2) is 18.2 Å². The minimum Gasteiger partial charge on any atom is -0.393 e. The van der Waals surface area contributed by atoms with Gasteiger partial charge in [0.25, 0.3) is 5.69 Å². The maximum Gasteiger partial charge on any atom is 0.292 e. The van der Waals surface area contributed by atoms with Gasteiger partial charge in [-0.05, 0) is 30.9 Å². The van der Waals surface area contributed by atoms with Crippen LogP contribution in [0.4, 0.5) is 17.1 Å². The molecule has 0 saturated heterocycles. The van der Waals surface area contributed by atoms with Crippen molar-refractivity contribution in [1.82, 2.24) is 0 Å². The van der Waals surface area contributed by atoms with E-state index in [9.17, 15) is 10.1 Å². The maximum absolute atomic E-state index is 10.6. The van der Waals surface area contributed by atoms with Gasteiger partial charge in [-0.1, -0.05) is 13.3 Å². The Bertz CT molecular complexity index is 434. The van der Waals surface area contributed by atoms with Crippen molar-refractivity contribution in [2.24, 2.45) is 5.92 Å². The zero-order valence-electron chi connectivity index (χ0n) is 9.85. The lowest BCUT2D eigenvalue weighted by molar-refractivity contribution is -0.383. The molecule has 2 atom stereocenters. The van der Waals surface area contributed by atoms with Crippen LogP contribution in [0.5, 0.6) is 0 Å². The van der Waals surface area contributed by atoms with Gasteiger partial charge in [0.2, 0.25) is 0 Å². The molecule has 1 aliphatic rings. The van der Waals surface area contributed by atoms with Crippen LogP contribution in [-0.4, -0.2) is 11.0 Å². The van der Waals surface area contributed by atoms with E-state index in [1.165, 1.54) is 18.9 Å². The van der Waals surface area contributed by atoms with Gasteiger partial charge in [0.1, 0.15) is 5.69 Å². The highest BCUT2D eigenvalue weighted by Gasteiger charge is 2.23. The highest BCUT2D eigenvalue weighted by atomic mass is 16.6. The van der Waals surface area contributed by atoms with E-state index in [0.29, 0.717) is 12.0 Å². The molecule has 0 spiro atoms. The number of nitrogens with zero attached hydrogens (tertiary/aromatic N) is 1. The van der Waals surface area contributed by atoms with Crippen molar-refractivity contribution in [3.63, 3.8) is 0 Å². The van der Waals surface area contributed by atoms with Crippen molar-refractivity contribution < 1.29 is 4.92 Å². The Morgan fingerprint density at radius 1 is 1.47 bits per heavy atom. The van der Waals surface area contributed by atoms with Crippen LogP contribution in [0.3, 0.4) is 0 Å². The number of nitro benzene ring substituents is 1. The summed E-state index contributed by atoms with van der Waals surface area (Å²) in [7, 11) is 0. The molecule has 1 aromatic rings. The summed E-state index contributed by atoms with van der Waals surface area (Å²) in [5, 5.41) is 14.0. The quantitative estimate of drug-likeness (QED) is 0.479. The number of nitro groups is 1. The van der Waals surface area contributed by atoms with E-state index in [1.807, 2.05) is 0 Å². The van der Waals surface area contributed by atoms with Gasteiger partial charge >= 0.3 is 0 Å². The Labute approximate surface area is 100 Å². The molecule has 0 bridgehead atoms. The minimum absolute atomic E-state index is 0.0324. The zero-order valence-corrected chi connectivity index (χ0v) is 9.85. The van der Waals surface area contributed by atoms with Gasteiger partial charge in [0, 0.05) is 17.8 Å². The molecule has 1 aromatic carbocycles. The predicted octanol–water partition coefficient (Wildman–Crippen LogP) is 2.78. The third kappa shape index (κ3) is 2.49. The second kappa shape index (κ2) is 4.61. The molecular weight excluding hydrogens is 218 g/mol. The van der Waals surface area contributed by atoms with Crippen LogP contribution in [-0.2, 0) is 0 Å². The zero-order chi connectivity index (χ0) is 12.4. The summed E-state index contributed by atoms with van der Waals surface area (Å²) in [6, 6.07) is 5.27. The first kappa shape index (κ1) is 11.7. The molecule has 0 aromatic heterocycles.